The molecule has 8 nitrogen and oxygen atoms in total. The number of sulfonamides is 1. The SMILES string of the molecule is CCn1c(SCC(N)=O)nnc1-c1ccc(S(=O)(=O)N2CCCCC2)cc1. The Morgan fingerprint density at radius 1 is 1.15 bits per heavy atom. The summed E-state index contributed by atoms with van der Waals surface area (Å²) in [6.07, 6.45) is 2.89. The molecule has 3 rings (SSSR count). The van der Waals surface area contributed by atoms with Crippen molar-refractivity contribution in [1.29, 1.82) is 0 Å². The van der Waals surface area contributed by atoms with Crippen molar-refractivity contribution in [3.63, 3.8) is 0 Å². The summed E-state index contributed by atoms with van der Waals surface area (Å²) < 4.78 is 28.9. The van der Waals surface area contributed by atoms with Crippen LogP contribution in [0, 0.1) is 0 Å². The van der Waals surface area contributed by atoms with Gasteiger partial charge in [0.1, 0.15) is 0 Å². The second-order valence-electron chi connectivity index (χ2n) is 6.29. The first kappa shape index (κ1) is 19.8. The molecule has 0 atom stereocenters. The number of primary amides is 1. The lowest BCUT2D eigenvalue weighted by Gasteiger charge is -2.25. The Labute approximate surface area is 163 Å². The largest absolute Gasteiger partial charge is 0.369 e. The van der Waals surface area contributed by atoms with Crippen molar-refractivity contribution in [3.05, 3.63) is 24.3 Å². The lowest BCUT2D eigenvalue weighted by molar-refractivity contribution is -0.115. The maximum atomic E-state index is 12.8. The van der Waals surface area contributed by atoms with Gasteiger partial charge in [-0.2, -0.15) is 4.31 Å². The standard InChI is InChI=1S/C17H23N5O3S2/c1-2-22-16(19-20-17(22)26-12-15(18)23)13-6-8-14(9-7-13)27(24,25)21-10-4-3-5-11-21/h6-9H,2-5,10-12H2,1H3,(H2,18,23). The molecule has 146 valence electrons. The van der Waals surface area contributed by atoms with Gasteiger partial charge < -0.3 is 10.3 Å². The minimum atomic E-state index is -3.45. The maximum absolute atomic E-state index is 12.8. The predicted molar refractivity (Wildman–Crippen MR) is 104 cm³/mol. The Balaban J connectivity index is 1.84. The van der Waals surface area contributed by atoms with Gasteiger partial charge in [0.2, 0.25) is 15.9 Å². The minimum absolute atomic E-state index is 0.130. The van der Waals surface area contributed by atoms with Gasteiger partial charge in [-0.05, 0) is 44.0 Å². The number of piperidine rings is 1. The summed E-state index contributed by atoms with van der Waals surface area (Å²) in [6, 6.07) is 6.72. The summed E-state index contributed by atoms with van der Waals surface area (Å²) in [4.78, 5) is 11.3. The highest BCUT2D eigenvalue weighted by Crippen LogP contribution is 2.26. The van der Waals surface area contributed by atoms with E-state index in [1.54, 1.807) is 28.6 Å². The molecule has 0 spiro atoms. The minimum Gasteiger partial charge on any atom is -0.369 e. The molecule has 10 heteroatoms. The van der Waals surface area contributed by atoms with Crippen molar-refractivity contribution in [1.82, 2.24) is 19.1 Å². The molecule has 0 bridgehead atoms. The number of thioether (sulfide) groups is 1. The van der Waals surface area contributed by atoms with E-state index in [1.807, 2.05) is 11.5 Å². The number of hydrogen-bond acceptors (Lipinski definition) is 6. The highest BCUT2D eigenvalue weighted by molar-refractivity contribution is 7.99. The number of carbonyl (C=O) groups excluding carboxylic acids is 1. The van der Waals surface area contributed by atoms with E-state index in [-0.39, 0.29) is 5.75 Å². The number of rotatable bonds is 7. The first-order valence-electron chi connectivity index (χ1n) is 8.88. The van der Waals surface area contributed by atoms with Crippen molar-refractivity contribution in [2.75, 3.05) is 18.8 Å². The van der Waals surface area contributed by atoms with E-state index in [2.05, 4.69) is 10.2 Å². The number of hydrogen-bond donors (Lipinski definition) is 1. The molecule has 2 heterocycles. The predicted octanol–water partition coefficient (Wildman–Crippen LogP) is 1.72. The lowest BCUT2D eigenvalue weighted by Crippen LogP contribution is -2.35. The maximum Gasteiger partial charge on any atom is 0.243 e. The third-order valence-corrected chi connectivity index (χ3v) is 7.34. The molecule has 1 fully saturated rings. The Morgan fingerprint density at radius 2 is 1.81 bits per heavy atom. The van der Waals surface area contributed by atoms with Crippen molar-refractivity contribution in [2.45, 2.75) is 42.8 Å². The molecule has 2 N–H and O–H groups in total. The van der Waals surface area contributed by atoms with Gasteiger partial charge in [0, 0.05) is 25.2 Å². The van der Waals surface area contributed by atoms with Crippen LogP contribution < -0.4 is 5.73 Å². The molecule has 0 radical (unpaired) electrons. The molecular formula is C17H23N5O3S2. The quantitative estimate of drug-likeness (QED) is 0.697. The van der Waals surface area contributed by atoms with Crippen LogP contribution in [0.4, 0.5) is 0 Å². The van der Waals surface area contributed by atoms with Crippen LogP contribution in [0.15, 0.2) is 34.3 Å². The van der Waals surface area contributed by atoms with Crippen LogP contribution in [0.5, 0.6) is 0 Å². The Hall–Kier alpha value is -1.91. The van der Waals surface area contributed by atoms with Crippen LogP contribution >= 0.6 is 11.8 Å². The average molecular weight is 410 g/mol. The van der Waals surface area contributed by atoms with Gasteiger partial charge in [0.25, 0.3) is 0 Å². The average Bonchev–Trinajstić information content (AvgIpc) is 3.10. The zero-order valence-corrected chi connectivity index (χ0v) is 16.8. The van der Waals surface area contributed by atoms with Gasteiger partial charge in [-0.3, -0.25) is 4.79 Å². The molecule has 1 saturated heterocycles. The molecule has 1 aliphatic rings. The second-order valence-corrected chi connectivity index (χ2v) is 9.17. The molecule has 27 heavy (non-hydrogen) atoms. The van der Waals surface area contributed by atoms with Crippen LogP contribution in [-0.2, 0) is 21.4 Å². The number of aromatic nitrogens is 3. The van der Waals surface area contributed by atoms with Crippen LogP contribution in [0.2, 0.25) is 0 Å². The van der Waals surface area contributed by atoms with Crippen LogP contribution in [-0.4, -0.2) is 52.2 Å². The Morgan fingerprint density at radius 3 is 2.41 bits per heavy atom. The van der Waals surface area contributed by atoms with Gasteiger partial charge in [-0.1, -0.05) is 18.2 Å². The van der Waals surface area contributed by atoms with Crippen molar-refractivity contribution in [3.8, 4) is 11.4 Å². The molecule has 1 amide bonds. The fraction of sp³-hybridized carbons (Fsp3) is 0.471. The highest BCUT2D eigenvalue weighted by Gasteiger charge is 2.26. The zero-order chi connectivity index (χ0) is 19.4. The number of benzene rings is 1. The molecule has 2 aromatic rings. The number of amides is 1. The summed E-state index contributed by atoms with van der Waals surface area (Å²) >= 11 is 1.23. The second kappa shape index (κ2) is 8.41. The van der Waals surface area contributed by atoms with E-state index in [1.165, 1.54) is 11.8 Å². The fourth-order valence-corrected chi connectivity index (χ4v) is 5.32. The van der Waals surface area contributed by atoms with Gasteiger partial charge in [-0.15, -0.1) is 10.2 Å². The highest BCUT2D eigenvalue weighted by atomic mass is 32.2. The van der Waals surface area contributed by atoms with Crippen LogP contribution in [0.3, 0.4) is 0 Å². The summed E-state index contributed by atoms with van der Waals surface area (Å²) in [7, 11) is -3.45. The molecular weight excluding hydrogens is 386 g/mol. The molecule has 1 aromatic carbocycles. The first-order valence-corrected chi connectivity index (χ1v) is 11.3. The first-order chi connectivity index (χ1) is 12.9. The van der Waals surface area contributed by atoms with E-state index >= 15 is 0 Å². The summed E-state index contributed by atoms with van der Waals surface area (Å²) in [6.45, 7) is 3.73. The zero-order valence-electron chi connectivity index (χ0n) is 15.2. The van der Waals surface area contributed by atoms with Crippen LogP contribution in [0.1, 0.15) is 26.2 Å². The van der Waals surface area contributed by atoms with E-state index in [4.69, 9.17) is 5.73 Å². The third-order valence-electron chi connectivity index (χ3n) is 4.44. The number of nitrogens with zero attached hydrogens (tertiary/aromatic N) is 4. The molecule has 1 aliphatic heterocycles. The van der Waals surface area contributed by atoms with Crippen molar-refractivity contribution >= 4 is 27.7 Å². The number of nitrogens with two attached hydrogens (primary N) is 1. The smallest absolute Gasteiger partial charge is 0.243 e. The topological polar surface area (TPSA) is 111 Å². The Bertz CT molecular complexity index is 903. The van der Waals surface area contributed by atoms with E-state index in [0.717, 1.165) is 24.8 Å². The molecule has 0 aliphatic carbocycles. The Kier molecular flexibility index (Phi) is 6.18. The van der Waals surface area contributed by atoms with Gasteiger partial charge >= 0.3 is 0 Å². The van der Waals surface area contributed by atoms with Gasteiger partial charge in [-0.25, -0.2) is 8.42 Å². The lowest BCUT2D eigenvalue weighted by atomic mass is 10.2. The molecule has 0 saturated carbocycles. The van der Waals surface area contributed by atoms with Gasteiger partial charge in [0.15, 0.2) is 11.0 Å². The van der Waals surface area contributed by atoms with E-state index < -0.39 is 15.9 Å². The third kappa shape index (κ3) is 4.33. The number of carbonyl (C=O) groups is 1. The fourth-order valence-electron chi connectivity index (χ4n) is 3.06. The molecule has 1 aromatic heterocycles. The summed E-state index contributed by atoms with van der Waals surface area (Å²) in [5.74, 6) is 0.344. The van der Waals surface area contributed by atoms with Crippen molar-refractivity contribution in [2.24, 2.45) is 5.73 Å². The normalized spacial score (nSPS) is 15.7. The van der Waals surface area contributed by atoms with E-state index in [9.17, 15) is 13.2 Å². The summed E-state index contributed by atoms with van der Waals surface area (Å²) in [5.41, 5.74) is 5.96. The van der Waals surface area contributed by atoms with Gasteiger partial charge in [0.05, 0.1) is 10.6 Å². The molecule has 0 unspecified atom stereocenters. The summed E-state index contributed by atoms with van der Waals surface area (Å²) in [5, 5.41) is 8.93. The van der Waals surface area contributed by atoms with E-state index in [0.29, 0.717) is 35.5 Å². The van der Waals surface area contributed by atoms with Crippen LogP contribution in [0.25, 0.3) is 11.4 Å². The monoisotopic (exact) mass is 409 g/mol. The van der Waals surface area contributed by atoms with Crippen molar-refractivity contribution < 1.29 is 13.2 Å².